The summed E-state index contributed by atoms with van der Waals surface area (Å²) in [5.74, 6) is 0.571. The minimum absolute atomic E-state index is 0.235. The molecule has 0 radical (unpaired) electrons. The van der Waals surface area contributed by atoms with E-state index < -0.39 is 21.9 Å². The zero-order chi connectivity index (χ0) is 20.5. The first-order valence-electron chi connectivity index (χ1n) is 7.97. The maximum absolute atomic E-state index is 13.2. The number of halogens is 3. The van der Waals surface area contributed by atoms with Gasteiger partial charge in [-0.1, -0.05) is 0 Å². The second kappa shape index (κ2) is 7.19. The first kappa shape index (κ1) is 19.7. The van der Waals surface area contributed by atoms with E-state index in [1.807, 2.05) is 0 Å². The highest BCUT2D eigenvalue weighted by Crippen LogP contribution is 2.33. The lowest BCUT2D eigenvalue weighted by Crippen LogP contribution is -2.10. The van der Waals surface area contributed by atoms with E-state index in [-0.39, 0.29) is 5.69 Å². The van der Waals surface area contributed by atoms with Crippen molar-refractivity contribution in [2.75, 3.05) is 18.1 Å². The summed E-state index contributed by atoms with van der Waals surface area (Å²) in [7, 11) is -1.97. The molecule has 0 fully saturated rings. The number of alkyl halides is 3. The van der Waals surface area contributed by atoms with Gasteiger partial charge in [-0.25, -0.2) is 13.1 Å². The van der Waals surface area contributed by atoms with Gasteiger partial charge in [0.2, 0.25) is 10.0 Å². The molecule has 3 aromatic rings. The van der Waals surface area contributed by atoms with Crippen LogP contribution < -0.4 is 9.46 Å². The van der Waals surface area contributed by atoms with Crippen molar-refractivity contribution in [1.29, 1.82) is 0 Å². The molecular weight excluding hydrogens is 395 g/mol. The number of aromatic nitrogens is 2. The van der Waals surface area contributed by atoms with Crippen LogP contribution >= 0.6 is 0 Å². The predicted molar refractivity (Wildman–Crippen MR) is 99.0 cm³/mol. The molecule has 0 aliphatic carbocycles. The van der Waals surface area contributed by atoms with Crippen LogP contribution in [0, 0.1) is 0 Å². The summed E-state index contributed by atoms with van der Waals surface area (Å²) in [6.07, 6.45) is -3.60. The zero-order valence-corrected chi connectivity index (χ0v) is 15.7. The molecule has 6 nitrogen and oxygen atoms in total. The van der Waals surface area contributed by atoms with Gasteiger partial charge in [0.15, 0.2) is 5.69 Å². The van der Waals surface area contributed by atoms with E-state index in [1.54, 1.807) is 24.3 Å². The average Bonchev–Trinajstić information content (AvgIpc) is 3.07. The maximum Gasteiger partial charge on any atom is 0.435 e. The lowest BCUT2D eigenvalue weighted by atomic mass is 10.1. The number of benzene rings is 2. The van der Waals surface area contributed by atoms with E-state index >= 15 is 0 Å². The van der Waals surface area contributed by atoms with Crippen molar-refractivity contribution in [2.24, 2.45) is 0 Å². The summed E-state index contributed by atoms with van der Waals surface area (Å²) >= 11 is 0. The van der Waals surface area contributed by atoms with Gasteiger partial charge in [-0.3, -0.25) is 4.72 Å². The van der Waals surface area contributed by atoms with Crippen LogP contribution in [0.1, 0.15) is 5.69 Å². The third kappa shape index (κ3) is 4.45. The van der Waals surface area contributed by atoms with Crippen LogP contribution in [-0.4, -0.2) is 31.6 Å². The summed E-state index contributed by atoms with van der Waals surface area (Å²) in [6.45, 7) is 0. The number of methoxy groups -OCH3 is 1. The molecule has 0 amide bonds. The summed E-state index contributed by atoms with van der Waals surface area (Å²) in [6, 6.07) is 13.4. The van der Waals surface area contributed by atoms with Gasteiger partial charge in [0.05, 0.1) is 24.7 Å². The van der Waals surface area contributed by atoms with E-state index in [0.29, 0.717) is 22.7 Å². The van der Waals surface area contributed by atoms with Gasteiger partial charge >= 0.3 is 6.18 Å². The average molecular weight is 411 g/mol. The van der Waals surface area contributed by atoms with Gasteiger partial charge in [0, 0.05) is 11.3 Å². The Labute approximate surface area is 159 Å². The quantitative estimate of drug-likeness (QED) is 0.690. The monoisotopic (exact) mass is 411 g/mol. The van der Waals surface area contributed by atoms with Crippen LogP contribution in [0.25, 0.3) is 16.9 Å². The first-order valence-corrected chi connectivity index (χ1v) is 9.86. The molecule has 0 atom stereocenters. The summed E-state index contributed by atoms with van der Waals surface area (Å²) in [4.78, 5) is 0. The van der Waals surface area contributed by atoms with Crippen LogP contribution in [0.5, 0.6) is 5.75 Å². The summed E-state index contributed by atoms with van der Waals surface area (Å²) in [5, 5.41) is 3.70. The Morgan fingerprint density at radius 3 is 2.14 bits per heavy atom. The maximum atomic E-state index is 13.2. The van der Waals surface area contributed by atoms with Gasteiger partial charge in [-0.15, -0.1) is 0 Å². The lowest BCUT2D eigenvalue weighted by Gasteiger charge is -2.10. The number of nitrogens with zero attached hydrogens (tertiary/aromatic N) is 2. The van der Waals surface area contributed by atoms with E-state index in [0.717, 1.165) is 17.0 Å². The first-order chi connectivity index (χ1) is 13.1. The molecule has 0 saturated heterocycles. The standard InChI is InChI=1S/C18H16F3N3O3S/c1-27-15-9-3-12(4-10-15)16-11-17(18(19,20)21)22-24(16)14-7-5-13(6-8-14)23-28(2,25)26/h3-11,23H,1-2H3. The Morgan fingerprint density at radius 1 is 1.04 bits per heavy atom. The highest BCUT2D eigenvalue weighted by atomic mass is 32.2. The number of anilines is 1. The summed E-state index contributed by atoms with van der Waals surface area (Å²) in [5.41, 5.74) is 0.360. The normalized spacial score (nSPS) is 12.0. The van der Waals surface area contributed by atoms with Crippen molar-refractivity contribution in [3.8, 4) is 22.7 Å². The fourth-order valence-electron chi connectivity index (χ4n) is 2.57. The Kier molecular flexibility index (Phi) is 5.07. The zero-order valence-electron chi connectivity index (χ0n) is 14.9. The number of ether oxygens (including phenoxy) is 1. The molecule has 148 valence electrons. The van der Waals surface area contributed by atoms with Crippen molar-refractivity contribution in [3.05, 3.63) is 60.3 Å². The van der Waals surface area contributed by atoms with Crippen molar-refractivity contribution in [2.45, 2.75) is 6.18 Å². The molecule has 1 aromatic heterocycles. The van der Waals surface area contributed by atoms with Crippen LogP contribution in [0.15, 0.2) is 54.6 Å². The smallest absolute Gasteiger partial charge is 0.435 e. The number of hydrogen-bond acceptors (Lipinski definition) is 4. The molecule has 1 heterocycles. The SMILES string of the molecule is COc1ccc(-c2cc(C(F)(F)F)nn2-c2ccc(NS(C)(=O)=O)cc2)cc1. The van der Waals surface area contributed by atoms with Gasteiger partial charge in [0.25, 0.3) is 0 Å². The highest BCUT2D eigenvalue weighted by Gasteiger charge is 2.35. The molecule has 10 heteroatoms. The van der Waals surface area contributed by atoms with Gasteiger partial charge in [-0.2, -0.15) is 18.3 Å². The summed E-state index contributed by atoms with van der Waals surface area (Å²) < 4.78 is 70.8. The van der Waals surface area contributed by atoms with Crippen LogP contribution in [0.4, 0.5) is 18.9 Å². The Balaban J connectivity index is 2.07. The van der Waals surface area contributed by atoms with Crippen LogP contribution in [0.2, 0.25) is 0 Å². The Morgan fingerprint density at radius 2 is 1.64 bits per heavy atom. The Hall–Kier alpha value is -3.01. The second-order valence-electron chi connectivity index (χ2n) is 5.97. The van der Waals surface area contributed by atoms with Crippen LogP contribution in [0.3, 0.4) is 0 Å². The lowest BCUT2D eigenvalue weighted by molar-refractivity contribution is -0.141. The molecule has 0 unspecified atom stereocenters. The molecule has 0 bridgehead atoms. The molecule has 28 heavy (non-hydrogen) atoms. The second-order valence-corrected chi connectivity index (χ2v) is 7.72. The van der Waals surface area contributed by atoms with E-state index in [1.165, 1.54) is 31.4 Å². The molecule has 1 N–H and O–H groups in total. The van der Waals surface area contributed by atoms with Crippen molar-refractivity contribution in [3.63, 3.8) is 0 Å². The third-order valence-corrected chi connectivity index (χ3v) is 4.41. The number of rotatable bonds is 5. The van der Waals surface area contributed by atoms with Crippen molar-refractivity contribution in [1.82, 2.24) is 9.78 Å². The fraction of sp³-hybridized carbons (Fsp3) is 0.167. The third-order valence-electron chi connectivity index (χ3n) is 3.80. The minimum atomic E-state index is -4.61. The predicted octanol–water partition coefficient (Wildman–Crippen LogP) is 3.94. The van der Waals surface area contributed by atoms with Crippen molar-refractivity contribution >= 4 is 15.7 Å². The highest BCUT2D eigenvalue weighted by molar-refractivity contribution is 7.92. The number of sulfonamides is 1. The van der Waals surface area contributed by atoms with Crippen molar-refractivity contribution < 1.29 is 26.3 Å². The minimum Gasteiger partial charge on any atom is -0.497 e. The number of hydrogen-bond donors (Lipinski definition) is 1. The molecule has 2 aromatic carbocycles. The number of nitrogens with one attached hydrogen (secondary N) is 1. The molecule has 0 spiro atoms. The molecule has 3 rings (SSSR count). The van der Waals surface area contributed by atoms with Gasteiger partial charge < -0.3 is 4.74 Å². The molecule has 0 aliphatic rings. The molecular formula is C18H16F3N3O3S. The fourth-order valence-corrected chi connectivity index (χ4v) is 3.13. The topological polar surface area (TPSA) is 73.2 Å². The largest absolute Gasteiger partial charge is 0.497 e. The van der Waals surface area contributed by atoms with E-state index in [9.17, 15) is 21.6 Å². The van der Waals surface area contributed by atoms with Gasteiger partial charge in [0.1, 0.15) is 5.75 Å². The van der Waals surface area contributed by atoms with E-state index in [4.69, 9.17) is 4.74 Å². The Bertz CT molecular complexity index is 1070. The van der Waals surface area contributed by atoms with E-state index in [2.05, 4.69) is 9.82 Å². The van der Waals surface area contributed by atoms with Gasteiger partial charge in [-0.05, 0) is 54.6 Å². The molecule has 0 aliphatic heterocycles. The van der Waals surface area contributed by atoms with Crippen LogP contribution in [-0.2, 0) is 16.2 Å². The molecule has 0 saturated carbocycles.